The highest BCUT2D eigenvalue weighted by Gasteiger charge is 2.15. The number of H-pyrrole nitrogens is 2. The summed E-state index contributed by atoms with van der Waals surface area (Å²) >= 11 is 1.07. The zero-order valence-corrected chi connectivity index (χ0v) is 18.3. The lowest BCUT2D eigenvalue weighted by Crippen LogP contribution is -2.23. The first kappa shape index (κ1) is 20.0. The fraction of sp³-hybridized carbons (Fsp3) is 0.0833. The quantitative estimate of drug-likeness (QED) is 0.437. The predicted molar refractivity (Wildman–Crippen MR) is 127 cm³/mol. The number of nitrogens with zero attached hydrogens (tertiary/aromatic N) is 4. The van der Waals surface area contributed by atoms with E-state index in [0.717, 1.165) is 60.1 Å². The molecule has 0 amide bonds. The number of aromatic nitrogens is 6. The summed E-state index contributed by atoms with van der Waals surface area (Å²) in [6, 6.07) is 5.14. The summed E-state index contributed by atoms with van der Waals surface area (Å²) in [5, 5.41) is 9.07. The number of nitrogens with one attached hydrogen (secondary N) is 2. The molecule has 158 valence electrons. The summed E-state index contributed by atoms with van der Waals surface area (Å²) in [6.45, 7) is 8.22. The Labute approximate surface area is 186 Å². The van der Waals surface area contributed by atoms with Crippen LogP contribution in [0.1, 0.15) is 18.1 Å². The Hall–Kier alpha value is -3.91. The van der Waals surface area contributed by atoms with Crippen LogP contribution in [0.5, 0.6) is 0 Å². The fourth-order valence-electron chi connectivity index (χ4n) is 3.65. The third kappa shape index (κ3) is 3.44. The molecule has 5 rings (SSSR count). The van der Waals surface area contributed by atoms with Crippen LogP contribution < -0.4 is 10.6 Å². The van der Waals surface area contributed by atoms with Crippen molar-refractivity contribution in [2.24, 2.45) is 0 Å². The van der Waals surface area contributed by atoms with Crippen molar-refractivity contribution in [3.05, 3.63) is 76.4 Å². The van der Waals surface area contributed by atoms with E-state index in [-0.39, 0.29) is 5.13 Å². The van der Waals surface area contributed by atoms with E-state index in [9.17, 15) is 4.39 Å². The fourth-order valence-corrected chi connectivity index (χ4v) is 4.39. The monoisotopic (exact) mass is 442 g/mol. The first-order valence-electron chi connectivity index (χ1n) is 9.97. The lowest BCUT2D eigenvalue weighted by molar-refractivity contribution is 0.657. The molecule has 5 heterocycles. The average molecular weight is 443 g/mol. The minimum Gasteiger partial charge on any atom is -0.335 e. The molecule has 5 aromatic heterocycles. The van der Waals surface area contributed by atoms with Gasteiger partial charge in [-0.05, 0) is 49.3 Å². The Bertz CT molecular complexity index is 1590. The van der Waals surface area contributed by atoms with E-state index in [1.54, 1.807) is 24.7 Å². The van der Waals surface area contributed by atoms with Crippen LogP contribution in [0, 0.1) is 12.1 Å². The van der Waals surface area contributed by atoms with E-state index in [1.165, 1.54) is 6.07 Å². The van der Waals surface area contributed by atoms with Crippen molar-refractivity contribution in [3.8, 4) is 22.0 Å². The van der Waals surface area contributed by atoms with Crippen molar-refractivity contribution in [1.29, 1.82) is 0 Å². The van der Waals surface area contributed by atoms with Gasteiger partial charge in [0.15, 0.2) is 11.0 Å². The standard InChI is InChI=1S/C24H19FN6S/c1-4-18-15(9-14(3)16-10-26-8-7-13(16)2)23(31-30-18)24-28-19-12-27-11-17(22(19)29-24)20-5-6-21(25)32-20/h4-12,30H,3H2,1-2H3,(H,28,29)/b15-9+,18-4+. The van der Waals surface area contributed by atoms with Crippen LogP contribution in [0.3, 0.4) is 0 Å². The molecule has 0 aliphatic carbocycles. The molecule has 0 radical (unpaired) electrons. The van der Waals surface area contributed by atoms with Crippen LogP contribution >= 0.6 is 11.3 Å². The molecule has 0 unspecified atom stereocenters. The summed E-state index contributed by atoms with van der Waals surface area (Å²) < 4.78 is 13.6. The Balaban J connectivity index is 1.68. The van der Waals surface area contributed by atoms with Crippen LogP contribution in [0.4, 0.5) is 4.39 Å². The van der Waals surface area contributed by atoms with Gasteiger partial charge in [-0.1, -0.05) is 12.7 Å². The number of allylic oxidation sites excluding steroid dienone is 1. The first-order chi connectivity index (χ1) is 15.5. The highest BCUT2D eigenvalue weighted by Crippen LogP contribution is 2.32. The van der Waals surface area contributed by atoms with Crippen LogP contribution in [0.2, 0.25) is 0 Å². The van der Waals surface area contributed by atoms with Gasteiger partial charge in [-0.2, -0.15) is 9.49 Å². The highest BCUT2D eigenvalue weighted by molar-refractivity contribution is 7.14. The maximum absolute atomic E-state index is 13.6. The summed E-state index contributed by atoms with van der Waals surface area (Å²) in [7, 11) is 0. The van der Waals surface area contributed by atoms with E-state index in [1.807, 2.05) is 38.3 Å². The molecule has 0 saturated carbocycles. The van der Waals surface area contributed by atoms with E-state index < -0.39 is 0 Å². The largest absolute Gasteiger partial charge is 0.335 e. The van der Waals surface area contributed by atoms with Gasteiger partial charge in [0.1, 0.15) is 11.2 Å². The molecule has 0 bridgehead atoms. The smallest absolute Gasteiger partial charge is 0.176 e. The number of aryl methyl sites for hydroxylation is 1. The molecular formula is C24H19FN6S. The Morgan fingerprint density at radius 1 is 1.16 bits per heavy atom. The Kier molecular flexibility index (Phi) is 4.99. The number of hydrogen-bond donors (Lipinski definition) is 2. The first-order valence-corrected chi connectivity index (χ1v) is 10.8. The Morgan fingerprint density at radius 2 is 2.03 bits per heavy atom. The summed E-state index contributed by atoms with van der Waals surface area (Å²) in [6.07, 6.45) is 10.9. The van der Waals surface area contributed by atoms with Gasteiger partial charge in [-0.15, -0.1) is 11.3 Å². The number of thiophene rings is 1. The van der Waals surface area contributed by atoms with Gasteiger partial charge >= 0.3 is 0 Å². The van der Waals surface area contributed by atoms with Gasteiger partial charge < -0.3 is 4.98 Å². The maximum atomic E-state index is 13.6. The summed E-state index contributed by atoms with van der Waals surface area (Å²) in [5.74, 6) is 0.595. The Morgan fingerprint density at radius 3 is 2.78 bits per heavy atom. The number of imidazole rings is 1. The average Bonchev–Trinajstić information content (AvgIpc) is 3.51. The lowest BCUT2D eigenvalue weighted by atomic mass is 10.0. The van der Waals surface area contributed by atoms with Crippen molar-refractivity contribution >= 4 is 40.1 Å². The van der Waals surface area contributed by atoms with E-state index in [2.05, 4.69) is 31.7 Å². The number of aromatic amines is 2. The second-order valence-corrected chi connectivity index (χ2v) is 8.35. The van der Waals surface area contributed by atoms with E-state index in [4.69, 9.17) is 4.98 Å². The topological polar surface area (TPSA) is 83.1 Å². The highest BCUT2D eigenvalue weighted by atomic mass is 32.1. The van der Waals surface area contributed by atoms with Crippen molar-refractivity contribution in [2.75, 3.05) is 0 Å². The van der Waals surface area contributed by atoms with Crippen LogP contribution in [0.15, 0.2) is 49.6 Å². The number of fused-ring (bicyclic) bond motifs is 1. The third-order valence-corrected chi connectivity index (χ3v) is 6.19. The molecule has 0 spiro atoms. The zero-order valence-electron chi connectivity index (χ0n) is 17.5. The van der Waals surface area contributed by atoms with Crippen molar-refractivity contribution < 1.29 is 4.39 Å². The van der Waals surface area contributed by atoms with Gasteiger partial charge in [-0.3, -0.25) is 15.1 Å². The molecule has 32 heavy (non-hydrogen) atoms. The number of halogens is 1. The number of rotatable bonds is 4. The van der Waals surface area contributed by atoms with Crippen molar-refractivity contribution in [1.82, 2.24) is 30.1 Å². The number of hydrogen-bond acceptors (Lipinski definition) is 5. The van der Waals surface area contributed by atoms with E-state index in [0.29, 0.717) is 11.5 Å². The van der Waals surface area contributed by atoms with Gasteiger partial charge in [0.05, 0.1) is 17.1 Å². The molecule has 0 saturated heterocycles. The SMILES string of the molecule is C=C(/C=c1/c(-c2nc3c(-c4ccc(F)s4)cncc3[nH]2)n[nH]/c1=C/C)c1cnccc1C. The van der Waals surface area contributed by atoms with Crippen LogP contribution in [-0.4, -0.2) is 30.1 Å². The molecule has 8 heteroatoms. The van der Waals surface area contributed by atoms with Crippen LogP contribution in [0.25, 0.3) is 50.7 Å². The van der Waals surface area contributed by atoms with Crippen molar-refractivity contribution in [2.45, 2.75) is 13.8 Å². The molecule has 0 aromatic carbocycles. The van der Waals surface area contributed by atoms with Gasteiger partial charge in [0, 0.05) is 39.8 Å². The van der Waals surface area contributed by atoms with Crippen LogP contribution in [-0.2, 0) is 0 Å². The van der Waals surface area contributed by atoms with Gasteiger partial charge in [0.2, 0.25) is 0 Å². The normalized spacial score (nSPS) is 12.7. The van der Waals surface area contributed by atoms with Crippen molar-refractivity contribution in [3.63, 3.8) is 0 Å². The minimum atomic E-state index is -0.246. The second-order valence-electron chi connectivity index (χ2n) is 7.32. The summed E-state index contributed by atoms with van der Waals surface area (Å²) in [5.41, 5.74) is 5.80. The molecular weight excluding hydrogens is 423 g/mol. The molecule has 0 aliphatic rings. The zero-order chi connectivity index (χ0) is 22.2. The molecule has 2 N–H and O–H groups in total. The summed E-state index contributed by atoms with van der Waals surface area (Å²) in [4.78, 5) is 17.4. The third-order valence-electron chi connectivity index (χ3n) is 5.28. The molecule has 0 fully saturated rings. The second kappa shape index (κ2) is 7.97. The predicted octanol–water partition coefficient (Wildman–Crippen LogP) is 4.21. The number of pyridine rings is 2. The lowest BCUT2D eigenvalue weighted by Gasteiger charge is -2.03. The minimum absolute atomic E-state index is 0.246. The van der Waals surface area contributed by atoms with Gasteiger partial charge in [0.25, 0.3) is 0 Å². The molecule has 0 aliphatic heterocycles. The molecule has 5 aromatic rings. The van der Waals surface area contributed by atoms with E-state index >= 15 is 0 Å². The molecule has 6 nitrogen and oxygen atoms in total. The maximum Gasteiger partial charge on any atom is 0.176 e. The van der Waals surface area contributed by atoms with Gasteiger partial charge in [-0.25, -0.2) is 4.98 Å². The molecule has 0 atom stereocenters.